The zero-order chi connectivity index (χ0) is 105. The third-order valence-electron chi connectivity index (χ3n) is 32.3. The van der Waals surface area contributed by atoms with E-state index < -0.39 is 11.9 Å². The van der Waals surface area contributed by atoms with Crippen LogP contribution in [0.2, 0.25) is 0 Å². The molecule has 1 atom stereocenters. The van der Waals surface area contributed by atoms with Crippen LogP contribution in [0, 0.1) is 11.8 Å². The Morgan fingerprint density at radius 2 is 0.560 bits per heavy atom. The Kier molecular flexibility index (Phi) is 51.4. The molecule has 7 aromatic heterocycles. The van der Waals surface area contributed by atoms with Crippen molar-refractivity contribution in [1.82, 2.24) is 23.6 Å². The first-order chi connectivity index (χ1) is 73.8. The number of hydrogen-bond donors (Lipinski definition) is 0. The van der Waals surface area contributed by atoms with Crippen molar-refractivity contribution in [2.75, 3.05) is 19.8 Å². The molecular formula is C132H185N5O6S7. The van der Waals surface area contributed by atoms with Crippen molar-refractivity contribution < 1.29 is 28.7 Å². The molecule has 0 saturated heterocycles. The maximum absolute atomic E-state index is 16.1. The van der Waals surface area contributed by atoms with E-state index in [4.69, 9.17) is 28.2 Å². The summed E-state index contributed by atoms with van der Waals surface area (Å²) < 4.78 is 30.5. The molecule has 0 saturated carbocycles. The van der Waals surface area contributed by atoms with Gasteiger partial charge in [0.25, 0.3) is 11.8 Å². The molecule has 0 aliphatic carbocycles. The summed E-state index contributed by atoms with van der Waals surface area (Å²) >= 11 is 11.6. The van der Waals surface area contributed by atoms with Gasteiger partial charge in [0.1, 0.15) is 11.0 Å². The highest BCUT2D eigenvalue weighted by Gasteiger charge is 2.44. The number of thiophene rings is 4. The predicted molar refractivity (Wildman–Crippen MR) is 657 cm³/mol. The Balaban J connectivity index is 0.972. The summed E-state index contributed by atoms with van der Waals surface area (Å²) in [6.07, 6.45) is 81.1. The van der Waals surface area contributed by atoms with Crippen molar-refractivity contribution in [3.8, 4) is 52.9 Å². The van der Waals surface area contributed by atoms with Gasteiger partial charge in [-0.15, -0.1) is 68.0 Å². The van der Waals surface area contributed by atoms with E-state index in [1.54, 1.807) is 16.2 Å². The minimum Gasteiger partial charge on any atom is -0.460 e. The number of nitrogens with zero attached hydrogens (tertiary/aromatic N) is 5. The monoisotopic (exact) mass is 2160 g/mol. The van der Waals surface area contributed by atoms with Crippen LogP contribution in [-0.4, -0.2) is 67.1 Å². The van der Waals surface area contributed by atoms with Crippen molar-refractivity contribution in [3.05, 3.63) is 128 Å². The Labute approximate surface area is 931 Å². The zero-order valence-electron chi connectivity index (χ0n) is 94.0. The van der Waals surface area contributed by atoms with E-state index in [0.29, 0.717) is 69.3 Å². The fourth-order valence-electron chi connectivity index (χ4n) is 23.4. The standard InChI is InChI=1S/C132H185N5O6S7/c1-10-16-22-28-34-40-46-52-58-70-83-99-103-91-107(97-79-66-64-67-80-97)144-121(103)100(84-71-59-53-47-41-35-29-23-17-11-2)105-93-109(146-123(99)105)113-119-126(149-127(133-119)131(140)142-89-74-62-56-50-44-38-32-26-20-14-5)114(120-125(113)148-128(134-120)132(141)143-90-75-63-57-51-45-39-33-27-21-15-6)110-94-106-102(86-73-61-55-49-43-37-31-25-19-13-4)122-104(101(124(106)147-110)85-72-60-54-48-42-36-30-24-18-12-3)92-108(145-122)112-116-115(111(98-81-68-65-69-82-98)117-118(112)136-150-135-117)129(138)137(130(116)139)88-87-96(9)78-76-77-95(7)8/h64-69,79-82,91-96H,10-63,70-78,83-90H2,1-9H3. The highest BCUT2D eigenvalue weighted by atomic mass is 32.1. The molecule has 0 radical (unpaired) electrons. The lowest BCUT2D eigenvalue weighted by molar-refractivity contribution is 0.0488. The maximum atomic E-state index is 16.1. The summed E-state index contributed by atoms with van der Waals surface area (Å²) in [5.41, 5.74) is 14.6. The number of unbranched alkanes of at least 4 members (excludes halogenated alkanes) is 54. The van der Waals surface area contributed by atoms with Gasteiger partial charge in [0.15, 0.2) is 0 Å². The van der Waals surface area contributed by atoms with Crippen molar-refractivity contribution in [2.24, 2.45) is 11.8 Å². The summed E-state index contributed by atoms with van der Waals surface area (Å²) in [6, 6.07) is 31.3. The largest absolute Gasteiger partial charge is 0.460 e. The Hall–Kier alpha value is -7.16. The van der Waals surface area contributed by atoms with Gasteiger partial charge in [0, 0.05) is 67.1 Å². The van der Waals surface area contributed by atoms with Crippen molar-refractivity contribution >= 4 is 175 Å². The molecular weight excluding hydrogens is 1980 g/mol. The van der Waals surface area contributed by atoms with Gasteiger partial charge in [-0.05, 0) is 162 Å². The first-order valence-electron chi connectivity index (χ1n) is 61.2. The summed E-state index contributed by atoms with van der Waals surface area (Å²) in [4.78, 5) is 80.8. The Morgan fingerprint density at radius 3 is 0.887 bits per heavy atom. The van der Waals surface area contributed by atoms with Crippen LogP contribution in [0.1, 0.15) is 536 Å². The molecule has 0 spiro atoms. The lowest BCUT2D eigenvalue weighted by Gasteiger charge is -2.18. The number of carbonyl (C=O) groups is 4. The van der Waals surface area contributed by atoms with E-state index in [0.717, 1.165) is 197 Å². The topological polar surface area (TPSA) is 142 Å². The van der Waals surface area contributed by atoms with E-state index in [1.807, 2.05) is 52.2 Å². The first kappa shape index (κ1) is 118. The molecule has 0 N–H and O–H groups in total. The summed E-state index contributed by atoms with van der Waals surface area (Å²) in [5, 5.41) is 5.83. The molecule has 13 aromatic rings. The minimum absolute atomic E-state index is 0.242. The number of ether oxygens (including phenoxy) is 2. The molecule has 0 fully saturated rings. The second-order valence-corrected chi connectivity index (χ2v) is 51.7. The summed E-state index contributed by atoms with van der Waals surface area (Å²) in [7, 11) is 0. The molecule has 14 rings (SSSR count). The van der Waals surface area contributed by atoms with Gasteiger partial charge in [-0.25, -0.2) is 19.6 Å². The van der Waals surface area contributed by atoms with Crippen LogP contribution in [0.5, 0.6) is 0 Å². The number of hydrogen-bond acceptors (Lipinski definition) is 17. The molecule has 6 aromatic carbocycles. The number of aromatic nitrogens is 4. The van der Waals surface area contributed by atoms with Crippen LogP contribution in [0.25, 0.3) is 125 Å². The molecule has 1 aliphatic heterocycles. The van der Waals surface area contributed by atoms with Gasteiger partial charge in [-0.3, -0.25) is 14.5 Å². The molecule has 18 heteroatoms. The average molecular weight is 2160 g/mol. The van der Waals surface area contributed by atoms with Gasteiger partial charge in [-0.2, -0.15) is 8.75 Å². The number of amides is 2. The Morgan fingerprint density at radius 1 is 0.280 bits per heavy atom. The normalized spacial score (nSPS) is 12.7. The summed E-state index contributed by atoms with van der Waals surface area (Å²) in [6.45, 7) is 21.7. The summed E-state index contributed by atoms with van der Waals surface area (Å²) in [5.74, 6) is -0.326. The van der Waals surface area contributed by atoms with Gasteiger partial charge < -0.3 is 9.47 Å². The molecule has 1 aliphatic rings. The SMILES string of the molecule is CCCCCCCCCCCCOC(=O)c1nc2c(-c3cc4c(CCCCCCCCCCCC)c5sc(-c6c7c(c(-c8ccccc8)c8nsnc68)C(=O)N(CCC(C)CCCC(C)C)C7=O)cc5c(CCCCCCCCCCCC)c4s3)c3sc(C(=O)OCCCCCCCCCCCC)nc3c(-c3cc4c(CCCCCCCCCCCC)c5sc(-c6ccccc6)cc5c(CCCCCCCCCCCC)c4s3)c2s1. The molecule has 2 amide bonds. The average Bonchev–Trinajstić information content (AvgIpc) is 1.56. The second kappa shape index (κ2) is 65.1. The number of benzene rings is 6. The molecule has 11 nitrogen and oxygen atoms in total. The number of aryl methyl sites for hydroxylation is 4. The van der Waals surface area contributed by atoms with Crippen molar-refractivity contribution in [1.29, 1.82) is 0 Å². The second-order valence-electron chi connectivity index (χ2n) is 45.0. The lowest BCUT2D eigenvalue weighted by atomic mass is 9.90. The highest BCUT2D eigenvalue weighted by Crippen LogP contribution is 2.57. The number of imide groups is 1. The highest BCUT2D eigenvalue weighted by molar-refractivity contribution is 7.27. The molecule has 1 unspecified atom stereocenters. The fourth-order valence-corrected chi connectivity index (χ4v) is 31.4. The van der Waals surface area contributed by atoms with Gasteiger partial charge >= 0.3 is 11.9 Å². The zero-order valence-corrected chi connectivity index (χ0v) is 99.7. The quantitative estimate of drug-likeness (QED) is 0.0205. The fraction of sp³-hybridized carbons (Fsp3) is 0.621. The third kappa shape index (κ3) is 33.2. The predicted octanol–water partition coefficient (Wildman–Crippen LogP) is 44.6. The number of fused-ring (bicyclic) bond motifs is 8. The number of thiazole rings is 2. The van der Waals surface area contributed by atoms with Crippen molar-refractivity contribution in [3.63, 3.8) is 0 Å². The lowest BCUT2D eigenvalue weighted by Crippen LogP contribution is -2.31. The van der Waals surface area contributed by atoms with Gasteiger partial charge in [-0.1, -0.05) is 489 Å². The maximum Gasteiger partial charge on any atom is 0.367 e. The van der Waals surface area contributed by atoms with Crippen LogP contribution in [-0.2, 0) is 35.2 Å². The van der Waals surface area contributed by atoms with Crippen LogP contribution in [0.15, 0.2) is 84.9 Å². The molecule has 0 bridgehead atoms. The van der Waals surface area contributed by atoms with Crippen LogP contribution < -0.4 is 0 Å². The van der Waals surface area contributed by atoms with Crippen LogP contribution in [0.4, 0.5) is 0 Å². The van der Waals surface area contributed by atoms with Crippen molar-refractivity contribution in [2.45, 2.75) is 499 Å². The minimum atomic E-state index is -0.392. The van der Waals surface area contributed by atoms with E-state index in [2.05, 4.69) is 129 Å². The van der Waals surface area contributed by atoms with Crippen LogP contribution in [0.3, 0.4) is 0 Å². The van der Waals surface area contributed by atoms with Gasteiger partial charge in [0.2, 0.25) is 10.0 Å². The number of esters is 2. The van der Waals surface area contributed by atoms with E-state index in [-0.39, 0.29) is 11.8 Å². The third-order valence-corrected chi connectivity index (χ3v) is 39.8. The molecule has 150 heavy (non-hydrogen) atoms. The smallest absolute Gasteiger partial charge is 0.367 e. The molecule has 8 heterocycles. The van der Waals surface area contributed by atoms with E-state index in [9.17, 15) is 0 Å². The van der Waals surface area contributed by atoms with E-state index in [1.165, 1.54) is 404 Å². The Bertz CT molecular complexity index is 6010. The molecule has 816 valence electrons. The number of rotatable bonds is 80. The first-order valence-corrected chi connectivity index (χ1v) is 66.8. The van der Waals surface area contributed by atoms with Gasteiger partial charge in [0.05, 0.1) is 56.5 Å². The van der Waals surface area contributed by atoms with E-state index >= 15 is 19.2 Å². The van der Waals surface area contributed by atoms with Crippen LogP contribution >= 0.6 is 79.7 Å². The number of carbonyl (C=O) groups excluding carboxylic acids is 4.